The molecule has 4 aromatic rings. The Labute approximate surface area is 207 Å². The number of hydrogen-bond donors (Lipinski definition) is 0. The lowest BCUT2D eigenvalue weighted by atomic mass is 9.85. The minimum Gasteiger partial charge on any atom is -0.271 e. The standard InChI is InChI=1S/C29H26N2OS2/c1-29(2,3)20-13-10-18(11-14-20)17-24-27(32)31-26(23-9-6-16-33-23)22-15-12-19-7-4-5-8-21(19)25(22)30-28(31)34-24/h4-11,13-14,16-17,26H,12,15H2,1-3H3/b24-17+/t26-/m1/s1. The Morgan fingerprint density at radius 2 is 1.79 bits per heavy atom. The summed E-state index contributed by atoms with van der Waals surface area (Å²) in [6, 6.07) is 21.2. The average molecular weight is 483 g/mol. The monoisotopic (exact) mass is 482 g/mol. The molecule has 1 aliphatic carbocycles. The number of fused-ring (bicyclic) bond motifs is 3. The summed E-state index contributed by atoms with van der Waals surface area (Å²) < 4.78 is 2.66. The normalized spacial score (nSPS) is 17.7. The molecular formula is C29H26N2OS2. The van der Waals surface area contributed by atoms with Gasteiger partial charge in [-0.1, -0.05) is 86.7 Å². The summed E-state index contributed by atoms with van der Waals surface area (Å²) in [5.74, 6) is 0. The minimum absolute atomic E-state index is 0.0486. The summed E-state index contributed by atoms with van der Waals surface area (Å²) in [6.45, 7) is 6.64. The van der Waals surface area contributed by atoms with E-state index in [0.717, 1.165) is 33.4 Å². The quantitative estimate of drug-likeness (QED) is 0.362. The van der Waals surface area contributed by atoms with Crippen molar-refractivity contribution < 1.29 is 0 Å². The van der Waals surface area contributed by atoms with E-state index in [2.05, 4.69) is 86.8 Å². The fraction of sp³-hybridized carbons (Fsp3) is 0.241. The van der Waals surface area contributed by atoms with Crippen LogP contribution in [0.25, 0.3) is 11.8 Å². The number of thiophene rings is 1. The largest absolute Gasteiger partial charge is 0.271 e. The molecule has 1 atom stereocenters. The van der Waals surface area contributed by atoms with E-state index in [9.17, 15) is 4.79 Å². The Kier molecular flexibility index (Phi) is 5.08. The smallest absolute Gasteiger partial charge is 0.271 e. The third-order valence-corrected chi connectivity index (χ3v) is 8.67. The molecule has 0 saturated heterocycles. The molecule has 0 spiro atoms. The SMILES string of the molecule is CC(C)(C)c1ccc(/C=c2/sc3n(c2=O)[C@@H](c2cccs2)C2=C(N=3)c3ccccc3CC2)cc1. The molecule has 0 fully saturated rings. The van der Waals surface area contributed by atoms with Crippen LogP contribution in [0.3, 0.4) is 0 Å². The molecule has 5 heteroatoms. The first kappa shape index (κ1) is 21.5. The molecule has 6 rings (SSSR count). The highest BCUT2D eigenvalue weighted by atomic mass is 32.1. The molecule has 0 N–H and O–H groups in total. The maximum atomic E-state index is 13.7. The van der Waals surface area contributed by atoms with Gasteiger partial charge in [0.05, 0.1) is 16.3 Å². The highest BCUT2D eigenvalue weighted by Crippen LogP contribution is 2.42. The predicted molar refractivity (Wildman–Crippen MR) is 142 cm³/mol. The van der Waals surface area contributed by atoms with Gasteiger partial charge in [-0.05, 0) is 58.0 Å². The number of nitrogens with zero attached hydrogens (tertiary/aromatic N) is 2. The van der Waals surface area contributed by atoms with Crippen molar-refractivity contribution in [3.05, 3.63) is 118 Å². The lowest BCUT2D eigenvalue weighted by Gasteiger charge is -2.30. The van der Waals surface area contributed by atoms with E-state index in [1.165, 1.54) is 38.5 Å². The second-order valence-corrected chi connectivity index (χ2v) is 12.0. The van der Waals surface area contributed by atoms with Crippen LogP contribution in [0.2, 0.25) is 0 Å². The van der Waals surface area contributed by atoms with Gasteiger partial charge in [0.25, 0.3) is 5.56 Å². The van der Waals surface area contributed by atoms with Gasteiger partial charge in [-0.25, -0.2) is 4.99 Å². The minimum atomic E-state index is -0.0787. The molecule has 2 aliphatic rings. The number of hydrogen-bond acceptors (Lipinski definition) is 4. The van der Waals surface area contributed by atoms with E-state index in [1.54, 1.807) is 11.3 Å². The van der Waals surface area contributed by atoms with Gasteiger partial charge in [0.2, 0.25) is 0 Å². The first-order valence-corrected chi connectivity index (χ1v) is 13.4. The maximum absolute atomic E-state index is 13.7. The molecule has 0 radical (unpaired) electrons. The van der Waals surface area contributed by atoms with E-state index in [0.29, 0.717) is 0 Å². The fourth-order valence-corrected chi connectivity index (χ4v) is 6.80. The zero-order chi connectivity index (χ0) is 23.4. The third-order valence-electron chi connectivity index (χ3n) is 6.76. The lowest BCUT2D eigenvalue weighted by molar-refractivity contribution is 0.590. The van der Waals surface area contributed by atoms with E-state index in [4.69, 9.17) is 4.99 Å². The zero-order valence-electron chi connectivity index (χ0n) is 19.5. The molecule has 0 amide bonds. The van der Waals surface area contributed by atoms with Crippen LogP contribution in [0.5, 0.6) is 0 Å². The predicted octanol–water partition coefficient (Wildman–Crippen LogP) is 5.68. The van der Waals surface area contributed by atoms with Crippen molar-refractivity contribution in [2.75, 3.05) is 0 Å². The Balaban J connectivity index is 1.54. The lowest BCUT2D eigenvalue weighted by Crippen LogP contribution is -2.38. The Hall–Kier alpha value is -3.02. The first-order valence-electron chi connectivity index (χ1n) is 11.7. The molecular weight excluding hydrogens is 456 g/mol. The van der Waals surface area contributed by atoms with Crippen LogP contribution < -0.4 is 14.9 Å². The van der Waals surface area contributed by atoms with Crippen LogP contribution in [0, 0.1) is 0 Å². The third kappa shape index (κ3) is 3.55. The van der Waals surface area contributed by atoms with Crippen molar-refractivity contribution in [3.63, 3.8) is 0 Å². The summed E-state index contributed by atoms with van der Waals surface area (Å²) in [5, 5.41) is 2.10. The van der Waals surface area contributed by atoms with E-state index < -0.39 is 0 Å². The zero-order valence-corrected chi connectivity index (χ0v) is 21.2. The molecule has 3 nitrogen and oxygen atoms in total. The van der Waals surface area contributed by atoms with Gasteiger partial charge >= 0.3 is 0 Å². The van der Waals surface area contributed by atoms with Crippen LogP contribution in [0.1, 0.15) is 60.4 Å². The van der Waals surface area contributed by atoms with E-state index in [-0.39, 0.29) is 17.0 Å². The van der Waals surface area contributed by atoms with Gasteiger partial charge in [0.15, 0.2) is 4.80 Å². The molecule has 2 aromatic heterocycles. The molecule has 1 aliphatic heterocycles. The van der Waals surface area contributed by atoms with Crippen molar-refractivity contribution in [2.45, 2.75) is 45.1 Å². The molecule has 34 heavy (non-hydrogen) atoms. The number of allylic oxidation sites excluding steroid dienone is 1. The maximum Gasteiger partial charge on any atom is 0.271 e. The van der Waals surface area contributed by atoms with Crippen molar-refractivity contribution >= 4 is 34.4 Å². The van der Waals surface area contributed by atoms with Gasteiger partial charge in [0, 0.05) is 10.4 Å². The number of benzene rings is 2. The topological polar surface area (TPSA) is 34.4 Å². The van der Waals surface area contributed by atoms with Crippen LogP contribution >= 0.6 is 22.7 Å². The number of thiazole rings is 1. The van der Waals surface area contributed by atoms with Crippen molar-refractivity contribution in [1.82, 2.24) is 4.57 Å². The number of rotatable bonds is 2. The summed E-state index contributed by atoms with van der Waals surface area (Å²) >= 11 is 3.21. The van der Waals surface area contributed by atoms with Gasteiger partial charge in [-0.2, -0.15) is 0 Å². The van der Waals surface area contributed by atoms with Crippen LogP contribution in [-0.2, 0) is 11.8 Å². The summed E-state index contributed by atoms with van der Waals surface area (Å²) in [5.41, 5.74) is 7.35. The Morgan fingerprint density at radius 3 is 2.53 bits per heavy atom. The highest BCUT2D eigenvalue weighted by molar-refractivity contribution is 7.10. The van der Waals surface area contributed by atoms with Crippen LogP contribution in [0.15, 0.2) is 81.4 Å². The van der Waals surface area contributed by atoms with Crippen LogP contribution in [0.4, 0.5) is 0 Å². The van der Waals surface area contributed by atoms with Gasteiger partial charge in [-0.15, -0.1) is 11.3 Å². The molecule has 0 bridgehead atoms. The highest BCUT2D eigenvalue weighted by Gasteiger charge is 2.32. The van der Waals surface area contributed by atoms with Crippen LogP contribution in [-0.4, -0.2) is 4.57 Å². The van der Waals surface area contributed by atoms with Crippen molar-refractivity contribution in [3.8, 4) is 0 Å². The molecule has 2 aromatic carbocycles. The summed E-state index contributed by atoms with van der Waals surface area (Å²) in [4.78, 5) is 20.8. The van der Waals surface area contributed by atoms with Gasteiger partial charge < -0.3 is 0 Å². The molecule has 3 heterocycles. The average Bonchev–Trinajstić information content (AvgIpc) is 3.46. The van der Waals surface area contributed by atoms with E-state index in [1.807, 2.05) is 10.6 Å². The first-order chi connectivity index (χ1) is 16.4. The second-order valence-electron chi connectivity index (χ2n) is 10.0. The van der Waals surface area contributed by atoms with Gasteiger partial charge in [0.1, 0.15) is 0 Å². The second kappa shape index (κ2) is 8.03. The van der Waals surface area contributed by atoms with Gasteiger partial charge in [-0.3, -0.25) is 9.36 Å². The fourth-order valence-electron chi connectivity index (χ4n) is 4.95. The molecule has 0 unspecified atom stereocenters. The number of aryl methyl sites for hydroxylation is 1. The molecule has 0 saturated carbocycles. The molecule has 170 valence electrons. The van der Waals surface area contributed by atoms with E-state index >= 15 is 0 Å². The van der Waals surface area contributed by atoms with Crippen molar-refractivity contribution in [1.29, 1.82) is 0 Å². The Morgan fingerprint density at radius 1 is 1.00 bits per heavy atom. The summed E-state index contributed by atoms with van der Waals surface area (Å²) in [7, 11) is 0. The number of aromatic nitrogens is 1. The Bertz CT molecular complexity index is 1590. The van der Waals surface area contributed by atoms with Crippen molar-refractivity contribution in [2.24, 2.45) is 4.99 Å². The summed E-state index contributed by atoms with van der Waals surface area (Å²) in [6.07, 6.45) is 3.92.